The Morgan fingerprint density at radius 2 is 1.00 bits per heavy atom. The van der Waals surface area contributed by atoms with Gasteiger partial charge in [-0.3, -0.25) is 0 Å². The Labute approximate surface area is 243 Å². The molecule has 0 radical (unpaired) electrons. The van der Waals surface area contributed by atoms with Crippen molar-refractivity contribution in [2.24, 2.45) is 0 Å². The first-order valence-corrected chi connectivity index (χ1v) is 14.5. The van der Waals surface area contributed by atoms with Crippen molar-refractivity contribution in [3.05, 3.63) is 145 Å². The van der Waals surface area contributed by atoms with E-state index in [1.165, 1.54) is 65.5 Å². The Balaban J connectivity index is 1.45. The molecule has 8 aromatic carbocycles. The van der Waals surface area contributed by atoms with Gasteiger partial charge in [-0.2, -0.15) is 0 Å². The van der Waals surface area contributed by atoms with E-state index in [1.807, 2.05) is 0 Å². The lowest BCUT2D eigenvalue weighted by atomic mass is 9.84. The van der Waals surface area contributed by atoms with Crippen LogP contribution in [0.25, 0.3) is 87.3 Å². The van der Waals surface area contributed by atoms with Crippen LogP contribution in [-0.2, 0) is 0 Å². The minimum absolute atomic E-state index is 0.939. The van der Waals surface area contributed by atoms with E-state index in [9.17, 15) is 0 Å². The Kier molecular flexibility index (Phi) is 4.88. The summed E-state index contributed by atoms with van der Waals surface area (Å²) in [5, 5.41) is 12.2. The van der Waals surface area contributed by atoms with Crippen molar-refractivity contribution >= 4 is 65.0 Å². The van der Waals surface area contributed by atoms with Gasteiger partial charge in [0, 0.05) is 16.2 Å². The van der Waals surface area contributed by atoms with Crippen LogP contribution in [0, 0.1) is 6.92 Å². The quantitative estimate of drug-likeness (QED) is 0.201. The topological polar surface area (TPSA) is 13.1 Å². The number of rotatable bonds is 2. The van der Waals surface area contributed by atoms with Crippen LogP contribution in [0.4, 0.5) is 0 Å². The molecule has 1 aromatic heterocycles. The van der Waals surface area contributed by atoms with Gasteiger partial charge in [0.1, 0.15) is 11.2 Å². The lowest BCUT2D eigenvalue weighted by Gasteiger charge is -2.19. The number of benzene rings is 8. The summed E-state index contributed by atoms with van der Waals surface area (Å²) < 4.78 is 6.52. The summed E-state index contributed by atoms with van der Waals surface area (Å²) in [6.07, 6.45) is 0. The second-order valence-electron chi connectivity index (χ2n) is 11.4. The maximum absolute atomic E-state index is 6.52. The minimum atomic E-state index is 0.939. The molecule has 0 aliphatic rings. The van der Waals surface area contributed by atoms with Crippen molar-refractivity contribution in [1.82, 2.24) is 0 Å². The third-order valence-electron chi connectivity index (χ3n) is 8.87. The number of fused-ring (bicyclic) bond motifs is 8. The Bertz CT molecular complexity index is 2470. The van der Waals surface area contributed by atoms with Crippen LogP contribution in [0.1, 0.15) is 5.56 Å². The van der Waals surface area contributed by atoms with Crippen molar-refractivity contribution in [1.29, 1.82) is 0 Å². The molecule has 0 N–H and O–H groups in total. The molecule has 0 fully saturated rings. The first kappa shape index (κ1) is 23.3. The average Bonchev–Trinajstić information content (AvgIpc) is 3.40. The Morgan fingerprint density at radius 1 is 0.405 bits per heavy atom. The molecule has 0 unspecified atom stereocenters. The van der Waals surface area contributed by atoms with E-state index in [4.69, 9.17) is 4.42 Å². The highest BCUT2D eigenvalue weighted by Crippen LogP contribution is 2.47. The third-order valence-corrected chi connectivity index (χ3v) is 8.87. The van der Waals surface area contributed by atoms with Gasteiger partial charge in [0.15, 0.2) is 0 Å². The number of furan rings is 1. The van der Waals surface area contributed by atoms with Crippen molar-refractivity contribution in [2.75, 3.05) is 0 Å². The summed E-state index contributed by atoms with van der Waals surface area (Å²) in [7, 11) is 0. The summed E-state index contributed by atoms with van der Waals surface area (Å²) >= 11 is 0. The van der Waals surface area contributed by atoms with Crippen LogP contribution in [-0.4, -0.2) is 0 Å². The van der Waals surface area contributed by atoms with E-state index in [2.05, 4.69) is 146 Å². The zero-order valence-corrected chi connectivity index (χ0v) is 23.2. The molecule has 0 atom stereocenters. The number of aryl methyl sites for hydroxylation is 1. The molecule has 9 rings (SSSR count). The fourth-order valence-electron chi connectivity index (χ4n) is 6.99. The average molecular weight is 535 g/mol. The largest absolute Gasteiger partial charge is 0.455 e. The summed E-state index contributed by atoms with van der Waals surface area (Å²) in [5.41, 5.74) is 8.12. The van der Waals surface area contributed by atoms with Crippen LogP contribution in [0.15, 0.2) is 144 Å². The molecule has 0 amide bonds. The molecular formula is C41H26O. The van der Waals surface area contributed by atoms with Gasteiger partial charge in [-0.25, -0.2) is 0 Å². The molecule has 9 aromatic rings. The van der Waals surface area contributed by atoms with Crippen molar-refractivity contribution in [2.45, 2.75) is 6.92 Å². The van der Waals surface area contributed by atoms with Crippen LogP contribution >= 0.6 is 0 Å². The van der Waals surface area contributed by atoms with Crippen molar-refractivity contribution in [3.63, 3.8) is 0 Å². The number of hydrogen-bond acceptors (Lipinski definition) is 1. The Hall–Kier alpha value is -5.40. The monoisotopic (exact) mass is 534 g/mol. The summed E-state index contributed by atoms with van der Waals surface area (Å²) in [6.45, 7) is 2.12. The molecule has 1 heteroatoms. The second-order valence-corrected chi connectivity index (χ2v) is 11.4. The van der Waals surface area contributed by atoms with Crippen LogP contribution < -0.4 is 0 Å². The third kappa shape index (κ3) is 3.31. The van der Waals surface area contributed by atoms with Gasteiger partial charge >= 0.3 is 0 Å². The predicted octanol–water partition coefficient (Wildman–Crippen LogP) is 11.8. The molecule has 0 saturated heterocycles. The zero-order chi connectivity index (χ0) is 27.8. The molecular weight excluding hydrogens is 508 g/mol. The van der Waals surface area contributed by atoms with Crippen LogP contribution in [0.5, 0.6) is 0 Å². The van der Waals surface area contributed by atoms with Crippen molar-refractivity contribution in [3.8, 4) is 22.3 Å². The highest BCUT2D eigenvalue weighted by Gasteiger charge is 2.20. The van der Waals surface area contributed by atoms with Crippen LogP contribution in [0.3, 0.4) is 0 Å². The van der Waals surface area contributed by atoms with Crippen molar-refractivity contribution < 1.29 is 4.42 Å². The lowest BCUT2D eigenvalue weighted by Crippen LogP contribution is -1.92. The molecule has 1 nitrogen and oxygen atoms in total. The van der Waals surface area contributed by atoms with E-state index in [1.54, 1.807) is 0 Å². The van der Waals surface area contributed by atoms with E-state index < -0.39 is 0 Å². The fraction of sp³-hybridized carbons (Fsp3) is 0.0244. The summed E-state index contributed by atoms with van der Waals surface area (Å²) in [6, 6.07) is 50.9. The molecule has 0 spiro atoms. The molecule has 0 aliphatic heterocycles. The lowest BCUT2D eigenvalue weighted by molar-refractivity contribution is 0.672. The van der Waals surface area contributed by atoms with Crippen LogP contribution in [0.2, 0.25) is 0 Å². The van der Waals surface area contributed by atoms with Gasteiger partial charge in [-0.05, 0) is 90.6 Å². The molecule has 1 heterocycles. The van der Waals surface area contributed by atoms with E-state index in [-0.39, 0.29) is 0 Å². The normalized spacial score (nSPS) is 11.9. The minimum Gasteiger partial charge on any atom is -0.455 e. The summed E-state index contributed by atoms with van der Waals surface area (Å²) in [5.74, 6) is 0. The second kappa shape index (κ2) is 8.80. The maximum Gasteiger partial charge on any atom is 0.143 e. The first-order valence-electron chi connectivity index (χ1n) is 14.5. The summed E-state index contributed by atoms with van der Waals surface area (Å²) in [4.78, 5) is 0. The van der Waals surface area contributed by atoms with E-state index >= 15 is 0 Å². The van der Waals surface area contributed by atoms with Gasteiger partial charge in [-0.1, -0.05) is 121 Å². The molecule has 0 saturated carbocycles. The first-order chi connectivity index (χ1) is 20.7. The number of hydrogen-bond donors (Lipinski definition) is 0. The van der Waals surface area contributed by atoms with E-state index in [0.29, 0.717) is 0 Å². The smallest absolute Gasteiger partial charge is 0.143 e. The zero-order valence-electron chi connectivity index (χ0n) is 23.2. The van der Waals surface area contributed by atoms with Gasteiger partial charge in [0.25, 0.3) is 0 Å². The van der Waals surface area contributed by atoms with Gasteiger partial charge in [0.05, 0.1) is 0 Å². The molecule has 0 aliphatic carbocycles. The highest BCUT2D eigenvalue weighted by molar-refractivity contribution is 6.27. The predicted molar refractivity (Wildman–Crippen MR) is 179 cm³/mol. The van der Waals surface area contributed by atoms with Gasteiger partial charge in [0.2, 0.25) is 0 Å². The van der Waals surface area contributed by atoms with Gasteiger partial charge < -0.3 is 4.42 Å². The van der Waals surface area contributed by atoms with E-state index in [0.717, 1.165) is 27.3 Å². The molecule has 0 bridgehead atoms. The SMILES string of the molecule is Cc1ccc2c(c1)oc1c3ccccc3c(-c3c4ccccc4c(-c4ccc5ccccc5c4)c4ccccc34)cc21. The van der Waals surface area contributed by atoms with Gasteiger partial charge in [-0.15, -0.1) is 0 Å². The fourth-order valence-corrected chi connectivity index (χ4v) is 6.99. The maximum atomic E-state index is 6.52. The molecule has 42 heavy (non-hydrogen) atoms. The highest BCUT2D eigenvalue weighted by atomic mass is 16.3. The standard InChI is InChI=1S/C41H26O/c1-25-18-21-30-37-24-36(29-12-4-9-17-35(29)41(37)42-38(30)22-25)40-33-15-7-5-13-31(33)39(32-14-6-8-16-34(32)40)28-20-19-26-10-2-3-11-27(26)23-28/h2-24H,1H3. The Morgan fingerprint density at radius 3 is 1.71 bits per heavy atom. The molecule has 196 valence electrons.